The van der Waals surface area contributed by atoms with E-state index in [9.17, 15) is 102 Å². The average Bonchev–Trinajstić information content (AvgIpc) is 1.65. The van der Waals surface area contributed by atoms with E-state index in [-0.39, 0.29) is 136 Å². The molecule has 37 nitrogen and oxygen atoms in total. The number of aliphatic hydroxyl groups is 1. The molecule has 9 amide bonds. The van der Waals surface area contributed by atoms with Crippen LogP contribution in [0.1, 0.15) is 143 Å². The molecular weight excluding hydrogens is 1870 g/mol. The van der Waals surface area contributed by atoms with Crippen LogP contribution in [0.3, 0.4) is 0 Å². The first-order valence-corrected chi connectivity index (χ1v) is 47.5. The van der Waals surface area contributed by atoms with E-state index in [2.05, 4.69) is 68.0 Å². The van der Waals surface area contributed by atoms with E-state index in [4.69, 9.17) is 22.4 Å². The van der Waals surface area contributed by atoms with E-state index in [0.717, 1.165) is 101 Å². The molecule has 11 N–H and O–H groups in total. The predicted octanol–water partition coefficient (Wildman–Crippen LogP) is 4.45. The fraction of sp³-hybridized carbons (Fsp3) is 0.485. The molecule has 6 aromatic carbocycles. The first-order valence-electron chi connectivity index (χ1n) is 46.6. The van der Waals surface area contributed by atoms with Crippen molar-refractivity contribution in [1.29, 1.82) is 0 Å². The highest BCUT2D eigenvalue weighted by molar-refractivity contribution is 7.88. The number of likely N-dealkylation sites (N-methyl/N-ethyl adjacent to an activating group) is 4. The molecule has 0 bridgehead atoms. The van der Waals surface area contributed by atoms with Crippen molar-refractivity contribution < 1.29 is 128 Å². The van der Waals surface area contributed by atoms with Crippen LogP contribution >= 0.6 is 0 Å². The van der Waals surface area contributed by atoms with Crippen LogP contribution in [0.15, 0.2) is 146 Å². The molecule has 5 aliphatic heterocycles. The summed E-state index contributed by atoms with van der Waals surface area (Å²) in [5.41, 5.74) is 7.91. The van der Waals surface area contributed by atoms with Gasteiger partial charge in [-0.2, -0.15) is 4.31 Å². The van der Waals surface area contributed by atoms with Gasteiger partial charge < -0.3 is 106 Å². The minimum atomic E-state index is -3.32. The highest BCUT2D eigenvalue weighted by Crippen LogP contribution is 2.38. The molecule has 7 atom stereocenters. The van der Waals surface area contributed by atoms with E-state index in [1.165, 1.54) is 147 Å². The summed E-state index contributed by atoms with van der Waals surface area (Å²) in [6.45, 7) is 13.5. The zero-order chi connectivity index (χ0) is 105. The molecule has 1 saturated carbocycles. The number of carboxylic acid groups (broad SMARTS) is 2. The predicted molar refractivity (Wildman–Crippen MR) is 511 cm³/mol. The Morgan fingerprint density at radius 2 is 0.674 bits per heavy atom. The number of piperazine rings is 5. The van der Waals surface area contributed by atoms with Crippen LogP contribution in [0.4, 0.5) is 26.3 Å². The summed E-state index contributed by atoms with van der Waals surface area (Å²) in [5, 5.41) is 43.0. The Kier molecular flexibility index (Phi) is 51.3. The maximum absolute atomic E-state index is 13.0. The van der Waals surface area contributed by atoms with Crippen molar-refractivity contribution in [2.75, 3.05) is 186 Å². The van der Waals surface area contributed by atoms with Crippen LogP contribution in [-0.2, 0) is 62.6 Å². The van der Waals surface area contributed by atoms with E-state index < -0.39 is 123 Å². The van der Waals surface area contributed by atoms with Gasteiger partial charge in [-0.1, -0.05) is 19.5 Å². The number of carbonyl (C=O) groups is 14. The fourth-order valence-electron chi connectivity index (χ4n) is 14.3. The van der Waals surface area contributed by atoms with Crippen LogP contribution in [0.25, 0.3) is 0 Å². The standard InChI is InChI=1S/C18H24FN3O4.C17H22FN3O5S.C17H22FN3O4.C17H24FN3O3.C13H14FNO5.C9H10FN.C5H12N2.CH4/c1-21-9-11-22(12-10-21)18(25)15(7-8-16(23)26-2)20-17(24)13-3-5-14(19)6-4-13;1-27(25,26)21-10-8-20(9-11-21)17(24)15(3-2-12-22)19-16(23)13-4-6-14(18)7-5-13;1-20-8-10-21(11-9-20)17(25)14(6-7-15(22)23)19-16(24)12-2-4-13(18)5-3-12;1-20-8-10-21(11-9-20)17(24)15(3-2-12-22)19-16(23)13-4-6-14(18)7-5-13;1-20-11(16)7-6-10(13(18)19)15-12(17)8-2-4-9(14)5-3-8;10-7-3-1-6(2-4-7)8-5-9(8)11;1-7-4-2-6-3-5-7;/h3-6,15H,7-12H2,1-2H3,(H,20,24);4-7,12,15H,2-3,8-11H2,1H3,(H,19,23);2-5,14H,6-11H2,1H3,(H,19,24)(H,22,23);4-7,15,22H,2-3,8-12H2,1H3,(H,19,23);2-5,10H,6-7H2,1H3,(H,15,17)(H,18,19);1-4,8-9H,5,11H2;6H,2-5H2,1H3;1H4/t2*15-;14-;15-;10-;8-,9+;;/m000000../s1/i;;;;;;;1D. The number of hydrogen-bond donors (Lipinski definition) is 10. The second-order valence-corrected chi connectivity index (χ2v) is 35.7. The zero-order valence-electron chi connectivity index (χ0n) is 81.6. The lowest BCUT2D eigenvalue weighted by molar-refractivity contribution is -0.143. The lowest BCUT2D eigenvalue weighted by Gasteiger charge is -2.35. The van der Waals surface area contributed by atoms with Crippen molar-refractivity contribution in [2.24, 2.45) is 5.73 Å². The molecule has 0 unspecified atom stereocenters. The van der Waals surface area contributed by atoms with Crippen LogP contribution < -0.4 is 37.6 Å². The number of carbonyl (C=O) groups excluding carboxylic acids is 12. The highest BCUT2D eigenvalue weighted by Gasteiger charge is 2.37. The van der Waals surface area contributed by atoms with E-state index in [1.807, 2.05) is 33.3 Å². The lowest BCUT2D eigenvalue weighted by Crippen LogP contribution is -2.55. The Morgan fingerprint density at radius 3 is 0.922 bits per heavy atom. The normalized spacial score (nSPS) is 17.0. The maximum atomic E-state index is 13.0. The van der Waals surface area contributed by atoms with Gasteiger partial charge in [0, 0.05) is 204 Å². The molecule has 0 radical (unpaired) electrons. The van der Waals surface area contributed by atoms with Crippen LogP contribution in [0.5, 0.6) is 0 Å². The quantitative estimate of drug-likeness (QED) is 0.0158. The zero-order valence-corrected chi connectivity index (χ0v) is 81.4. The number of nitrogens with zero attached hydrogens (tertiary/aromatic N) is 9. The summed E-state index contributed by atoms with van der Waals surface area (Å²) in [4.78, 5) is 182. The number of aldehydes is 1. The van der Waals surface area contributed by atoms with Crippen molar-refractivity contribution in [3.8, 4) is 0 Å². The van der Waals surface area contributed by atoms with E-state index in [1.54, 1.807) is 14.7 Å². The number of nitrogens with one attached hydrogen (secondary N) is 6. The maximum Gasteiger partial charge on any atom is 0.326 e. The van der Waals surface area contributed by atoms with Gasteiger partial charge in [-0.25, -0.2) is 39.6 Å². The molecular formula is C97H132F6N16O21S. The van der Waals surface area contributed by atoms with Gasteiger partial charge in [-0.3, -0.25) is 57.5 Å². The molecule has 5 heterocycles. The number of nitrogens with two attached hydrogens (primary N) is 1. The van der Waals surface area contributed by atoms with Gasteiger partial charge in [0.2, 0.25) is 33.7 Å². The van der Waals surface area contributed by atoms with Crippen molar-refractivity contribution in [2.45, 2.75) is 120 Å². The molecule has 12 rings (SSSR count). The molecule has 774 valence electrons. The number of amides is 9. The van der Waals surface area contributed by atoms with Gasteiger partial charge in [0.05, 0.1) is 20.5 Å². The molecule has 141 heavy (non-hydrogen) atoms. The van der Waals surface area contributed by atoms with E-state index >= 15 is 0 Å². The van der Waals surface area contributed by atoms with Gasteiger partial charge in [0.25, 0.3) is 29.5 Å². The minimum Gasteiger partial charge on any atom is -0.481 e. The summed E-state index contributed by atoms with van der Waals surface area (Å²) in [6.07, 6.45) is 3.55. The second-order valence-electron chi connectivity index (χ2n) is 33.8. The summed E-state index contributed by atoms with van der Waals surface area (Å²) in [5.74, 6) is -8.96. The summed E-state index contributed by atoms with van der Waals surface area (Å²) >= 11 is 0. The largest absolute Gasteiger partial charge is 0.481 e. The summed E-state index contributed by atoms with van der Waals surface area (Å²) < 4.78 is 116. The Hall–Kier alpha value is -12.7. The number of esters is 2. The molecule has 5 saturated heterocycles. The van der Waals surface area contributed by atoms with Crippen LogP contribution in [-0.4, -0.2) is 373 Å². The number of ether oxygens (including phenoxy) is 2. The molecule has 1 aliphatic carbocycles. The third kappa shape index (κ3) is 43.5. The van der Waals surface area contributed by atoms with Gasteiger partial charge in [-0.05, 0) is 212 Å². The number of halogens is 6. The number of carboxylic acids is 2. The van der Waals surface area contributed by atoms with Crippen LogP contribution in [0, 0.1) is 34.9 Å². The molecule has 0 aromatic heterocycles. The number of benzene rings is 6. The van der Waals surface area contributed by atoms with Crippen molar-refractivity contribution in [1.82, 2.24) is 75.4 Å². The number of aliphatic hydroxyl groups excluding tert-OH is 1. The summed E-state index contributed by atoms with van der Waals surface area (Å²) in [7, 11) is 8.49. The fourth-order valence-corrected chi connectivity index (χ4v) is 15.1. The number of rotatable bonds is 32. The third-order valence-electron chi connectivity index (χ3n) is 23.1. The average molecular weight is 2010 g/mol. The number of methoxy groups -OCH3 is 2. The van der Waals surface area contributed by atoms with Crippen molar-refractivity contribution in [3.05, 3.63) is 214 Å². The smallest absolute Gasteiger partial charge is 0.326 e. The Morgan fingerprint density at radius 1 is 0.418 bits per heavy atom. The van der Waals surface area contributed by atoms with Gasteiger partial charge in [-0.15, -0.1) is 0 Å². The first-order chi connectivity index (χ1) is 67.6. The third-order valence-corrected chi connectivity index (χ3v) is 24.4. The van der Waals surface area contributed by atoms with Crippen molar-refractivity contribution >= 4 is 93.4 Å². The number of sulfonamides is 1. The Balaban J connectivity index is 0.000000298. The molecule has 6 aliphatic rings. The number of hydrogen-bond acceptors (Lipinski definition) is 25. The topological polar surface area (TPSA) is 480 Å². The van der Waals surface area contributed by atoms with E-state index in [0.29, 0.717) is 75.9 Å². The van der Waals surface area contributed by atoms with Gasteiger partial charge in [0.1, 0.15) is 71.4 Å². The highest BCUT2D eigenvalue weighted by atomic mass is 32.2. The van der Waals surface area contributed by atoms with Crippen molar-refractivity contribution in [3.63, 3.8) is 0 Å². The van der Waals surface area contributed by atoms with Gasteiger partial charge in [0.15, 0.2) is 0 Å². The molecule has 0 spiro atoms. The Bertz CT molecular complexity index is 5100. The number of aliphatic carboxylic acids is 2. The molecule has 44 heteroatoms. The van der Waals surface area contributed by atoms with Gasteiger partial charge >= 0.3 is 23.9 Å². The SMILES string of the molecule is CN1CCN(C(=O)[C@H](CCC(=O)O)NC(=O)c2ccc(F)cc2)CC1.CN1CCN(C(=O)[C@H](CCCO)NC(=O)c2ccc(F)cc2)CC1.CN1CCNCC1.COC(=O)CC[C@H](NC(=O)c1ccc(F)cc1)C(=O)N1CCN(C)CC1.COC(=O)CC[C@H](NC(=O)c1ccc(F)cc1)C(=O)O.CS(=O)(=O)N1CCN(C(=O)[C@H](CCC=O)NC(=O)c2ccc(F)cc2)CC1.N[C@@H]1C[C@H]1c1ccc(F)cc1.[2H]C. The van der Waals surface area contributed by atoms with Crippen LogP contribution in [0.2, 0.25) is 0 Å². The first kappa shape index (κ1) is 117. The Labute approximate surface area is 818 Å². The monoisotopic (exact) mass is 2000 g/mol. The second kappa shape index (κ2) is 61.8. The molecule has 6 fully saturated rings. The minimum absolute atomic E-state index is 0.00738. The summed E-state index contributed by atoms with van der Waals surface area (Å²) in [6, 6.07) is 27.1. The lowest BCUT2D eigenvalue weighted by atomic mass is 10.1. The molecule has 6 aromatic rings.